The maximum absolute atomic E-state index is 12.2. The van der Waals surface area contributed by atoms with Crippen LogP contribution in [-0.4, -0.2) is 38.9 Å². The Morgan fingerprint density at radius 3 is 2.30 bits per heavy atom. The highest BCUT2D eigenvalue weighted by molar-refractivity contribution is 5.95. The molecule has 0 atom stereocenters. The van der Waals surface area contributed by atoms with Gasteiger partial charge in [-0.05, 0) is 67.1 Å². The lowest BCUT2D eigenvalue weighted by Crippen LogP contribution is -2.20. The Kier molecular flexibility index (Phi) is 8.02. The molecular weight excluding hydrogens is 422 g/mol. The Labute approximate surface area is 192 Å². The van der Waals surface area contributed by atoms with Crippen molar-refractivity contribution in [2.45, 2.75) is 6.92 Å². The van der Waals surface area contributed by atoms with E-state index in [0.29, 0.717) is 34.1 Å². The van der Waals surface area contributed by atoms with Crippen LogP contribution in [-0.2, 0) is 4.79 Å². The molecule has 3 aromatic carbocycles. The number of aryl methyl sites for hydroxylation is 1. The number of hydrogen-bond acceptors (Lipinski definition) is 6. The van der Waals surface area contributed by atoms with Gasteiger partial charge >= 0.3 is 0 Å². The van der Waals surface area contributed by atoms with Gasteiger partial charge in [-0.15, -0.1) is 0 Å². The van der Waals surface area contributed by atoms with Crippen LogP contribution >= 0.6 is 0 Å². The summed E-state index contributed by atoms with van der Waals surface area (Å²) < 4.78 is 16.0. The van der Waals surface area contributed by atoms with Crippen molar-refractivity contribution in [3.8, 4) is 17.2 Å². The molecule has 0 aliphatic heterocycles. The smallest absolute Gasteiger partial charge is 0.271 e. The van der Waals surface area contributed by atoms with E-state index in [1.54, 1.807) is 61.7 Å². The molecule has 0 bridgehead atoms. The molecule has 8 heteroatoms. The summed E-state index contributed by atoms with van der Waals surface area (Å²) in [4.78, 5) is 24.3. The van der Waals surface area contributed by atoms with Crippen LogP contribution in [0.25, 0.3) is 0 Å². The molecule has 0 fully saturated rings. The Balaban J connectivity index is 1.54. The first-order chi connectivity index (χ1) is 16.0. The molecule has 33 heavy (non-hydrogen) atoms. The van der Waals surface area contributed by atoms with E-state index in [1.807, 2.05) is 19.1 Å². The molecule has 0 aliphatic carbocycles. The number of hydrazone groups is 1. The number of methoxy groups -OCH3 is 2. The van der Waals surface area contributed by atoms with E-state index in [1.165, 1.54) is 13.3 Å². The number of nitrogens with one attached hydrogen (secondary N) is 2. The zero-order chi connectivity index (χ0) is 23.6. The molecule has 0 saturated carbocycles. The van der Waals surface area contributed by atoms with Gasteiger partial charge in [-0.3, -0.25) is 9.59 Å². The molecule has 2 N–H and O–H groups in total. The summed E-state index contributed by atoms with van der Waals surface area (Å²) in [6, 6.07) is 19.3. The van der Waals surface area contributed by atoms with Gasteiger partial charge in [0.15, 0.2) is 18.1 Å². The van der Waals surface area contributed by atoms with Gasteiger partial charge in [-0.1, -0.05) is 17.7 Å². The van der Waals surface area contributed by atoms with Crippen molar-refractivity contribution < 1.29 is 23.8 Å². The number of carbonyl (C=O) groups is 2. The summed E-state index contributed by atoms with van der Waals surface area (Å²) in [6.07, 6.45) is 1.49. The van der Waals surface area contributed by atoms with Crippen molar-refractivity contribution in [1.29, 1.82) is 0 Å². The zero-order valence-corrected chi connectivity index (χ0v) is 18.6. The molecule has 0 saturated heterocycles. The van der Waals surface area contributed by atoms with Crippen molar-refractivity contribution in [2.24, 2.45) is 5.10 Å². The van der Waals surface area contributed by atoms with Crippen molar-refractivity contribution >= 4 is 23.7 Å². The molecule has 170 valence electrons. The second-order valence-corrected chi connectivity index (χ2v) is 7.04. The van der Waals surface area contributed by atoms with Gasteiger partial charge in [-0.2, -0.15) is 5.10 Å². The van der Waals surface area contributed by atoms with Gasteiger partial charge in [0, 0.05) is 11.3 Å². The lowest BCUT2D eigenvalue weighted by Gasteiger charge is -2.11. The number of benzene rings is 3. The number of rotatable bonds is 9. The molecule has 8 nitrogen and oxygen atoms in total. The van der Waals surface area contributed by atoms with E-state index in [9.17, 15) is 9.59 Å². The summed E-state index contributed by atoms with van der Waals surface area (Å²) in [5.41, 5.74) is 5.40. The third-order valence-electron chi connectivity index (χ3n) is 4.61. The predicted molar refractivity (Wildman–Crippen MR) is 126 cm³/mol. The Bertz CT molecular complexity index is 1130. The van der Waals surface area contributed by atoms with Crippen LogP contribution < -0.4 is 25.0 Å². The minimum absolute atomic E-state index is 0.192. The highest BCUT2D eigenvalue weighted by atomic mass is 16.5. The molecule has 0 spiro atoms. The van der Waals surface area contributed by atoms with Gasteiger partial charge < -0.3 is 19.5 Å². The normalized spacial score (nSPS) is 10.5. The predicted octanol–water partition coefficient (Wildman–Crippen LogP) is 3.79. The first-order valence-electron chi connectivity index (χ1n) is 10.1. The first-order valence-corrected chi connectivity index (χ1v) is 10.1. The average molecular weight is 447 g/mol. The number of ether oxygens (including phenoxy) is 3. The second-order valence-electron chi connectivity index (χ2n) is 7.04. The van der Waals surface area contributed by atoms with Crippen LogP contribution in [0.3, 0.4) is 0 Å². The maximum Gasteiger partial charge on any atom is 0.271 e. The fourth-order valence-electron chi connectivity index (χ4n) is 2.83. The van der Waals surface area contributed by atoms with Crippen molar-refractivity contribution in [1.82, 2.24) is 5.43 Å². The first kappa shape index (κ1) is 23.3. The van der Waals surface area contributed by atoms with Gasteiger partial charge in [0.1, 0.15) is 5.75 Å². The molecule has 0 aliphatic rings. The number of amides is 2. The lowest BCUT2D eigenvalue weighted by molar-refractivity contribution is -0.118. The summed E-state index contributed by atoms with van der Waals surface area (Å²) in [5.74, 6) is 0.921. The minimum atomic E-state index is -0.313. The summed E-state index contributed by atoms with van der Waals surface area (Å²) in [7, 11) is 3.08. The molecular formula is C25H25N3O5. The quantitative estimate of drug-likeness (QED) is 0.384. The van der Waals surface area contributed by atoms with Gasteiger partial charge in [0.05, 0.1) is 20.4 Å². The lowest BCUT2D eigenvalue weighted by atomic mass is 10.1. The van der Waals surface area contributed by atoms with Gasteiger partial charge in [-0.25, -0.2) is 5.43 Å². The maximum atomic E-state index is 12.2. The minimum Gasteiger partial charge on any atom is -0.497 e. The largest absolute Gasteiger partial charge is 0.497 e. The molecule has 3 aromatic rings. The third kappa shape index (κ3) is 6.83. The van der Waals surface area contributed by atoms with E-state index < -0.39 is 0 Å². The number of hydrogen-bond donors (Lipinski definition) is 2. The Morgan fingerprint density at radius 2 is 1.64 bits per heavy atom. The fraction of sp³-hybridized carbons (Fsp3) is 0.160. The Morgan fingerprint density at radius 1 is 0.909 bits per heavy atom. The average Bonchev–Trinajstić information content (AvgIpc) is 2.84. The molecule has 0 heterocycles. The SMILES string of the molecule is COc1ccc(NC(=O)COc2ccc(/C=N/NC(=O)c3ccc(C)cc3)cc2OC)cc1. The monoisotopic (exact) mass is 447 g/mol. The van der Waals surface area contributed by atoms with E-state index in [4.69, 9.17) is 14.2 Å². The van der Waals surface area contributed by atoms with Gasteiger partial charge in [0.2, 0.25) is 0 Å². The summed E-state index contributed by atoms with van der Waals surface area (Å²) >= 11 is 0. The van der Waals surface area contributed by atoms with Crippen LogP contribution in [0.15, 0.2) is 71.8 Å². The fourth-order valence-corrected chi connectivity index (χ4v) is 2.83. The van der Waals surface area contributed by atoms with Crippen molar-refractivity contribution in [3.05, 3.63) is 83.4 Å². The van der Waals surface area contributed by atoms with E-state index >= 15 is 0 Å². The third-order valence-corrected chi connectivity index (χ3v) is 4.61. The molecule has 3 rings (SSSR count). The van der Waals surface area contributed by atoms with Crippen LogP contribution in [0.5, 0.6) is 17.2 Å². The molecule has 0 radical (unpaired) electrons. The van der Waals surface area contributed by atoms with Crippen LogP contribution in [0, 0.1) is 6.92 Å². The number of carbonyl (C=O) groups excluding carboxylic acids is 2. The topological polar surface area (TPSA) is 98.3 Å². The van der Waals surface area contributed by atoms with E-state index in [-0.39, 0.29) is 18.4 Å². The molecule has 0 aromatic heterocycles. The van der Waals surface area contributed by atoms with Gasteiger partial charge in [0.25, 0.3) is 11.8 Å². The van der Waals surface area contributed by atoms with E-state index in [2.05, 4.69) is 15.8 Å². The standard InChI is InChI=1S/C25H25N3O5/c1-17-4-7-19(8-5-17)25(30)28-26-15-18-6-13-22(23(14-18)32-3)33-16-24(29)27-20-9-11-21(31-2)12-10-20/h4-15H,16H2,1-3H3,(H,27,29)(H,28,30)/b26-15+. The van der Waals surface area contributed by atoms with Crippen LogP contribution in [0.1, 0.15) is 21.5 Å². The highest BCUT2D eigenvalue weighted by Crippen LogP contribution is 2.27. The summed E-state index contributed by atoms with van der Waals surface area (Å²) in [5, 5.41) is 6.73. The second kappa shape index (κ2) is 11.3. The number of anilines is 1. The van der Waals surface area contributed by atoms with Crippen molar-refractivity contribution in [3.63, 3.8) is 0 Å². The highest BCUT2D eigenvalue weighted by Gasteiger charge is 2.09. The van der Waals surface area contributed by atoms with Crippen LogP contribution in [0.4, 0.5) is 5.69 Å². The Hall–Kier alpha value is -4.33. The zero-order valence-electron chi connectivity index (χ0n) is 18.6. The number of nitrogens with zero attached hydrogens (tertiary/aromatic N) is 1. The molecule has 2 amide bonds. The molecule has 0 unspecified atom stereocenters. The van der Waals surface area contributed by atoms with E-state index in [0.717, 1.165) is 5.56 Å². The van der Waals surface area contributed by atoms with Crippen molar-refractivity contribution in [2.75, 3.05) is 26.1 Å². The van der Waals surface area contributed by atoms with Crippen LogP contribution in [0.2, 0.25) is 0 Å². The summed E-state index contributed by atoms with van der Waals surface area (Å²) in [6.45, 7) is 1.76.